The highest BCUT2D eigenvalue weighted by Gasteiger charge is 2.45. The van der Waals surface area contributed by atoms with Crippen molar-refractivity contribution >= 4 is 17.2 Å². The molecule has 0 spiro atoms. The summed E-state index contributed by atoms with van der Waals surface area (Å²) in [4.78, 5) is 13.4. The van der Waals surface area contributed by atoms with Gasteiger partial charge in [0.2, 0.25) is 5.82 Å². The van der Waals surface area contributed by atoms with Crippen LogP contribution in [0.1, 0.15) is 43.1 Å². The van der Waals surface area contributed by atoms with Crippen LogP contribution in [0.25, 0.3) is 17.0 Å². The third-order valence-electron chi connectivity index (χ3n) is 7.10. The van der Waals surface area contributed by atoms with Gasteiger partial charge in [-0.15, -0.1) is 10.2 Å². The predicted molar refractivity (Wildman–Crippen MR) is 128 cm³/mol. The number of carbonyl (C=O) groups is 1. The summed E-state index contributed by atoms with van der Waals surface area (Å²) in [7, 11) is 0. The van der Waals surface area contributed by atoms with Gasteiger partial charge in [0.15, 0.2) is 0 Å². The number of H-pyrrole nitrogens is 1. The molecule has 0 radical (unpaired) electrons. The number of benzene rings is 2. The van der Waals surface area contributed by atoms with Gasteiger partial charge in [-0.05, 0) is 53.1 Å². The van der Waals surface area contributed by atoms with E-state index in [1.165, 1.54) is 17.2 Å². The maximum absolute atomic E-state index is 14.5. The van der Waals surface area contributed by atoms with E-state index in [0.29, 0.717) is 17.9 Å². The highest BCUT2D eigenvalue weighted by atomic mass is 19.1. The summed E-state index contributed by atoms with van der Waals surface area (Å²) in [6, 6.07) is 12.0. The van der Waals surface area contributed by atoms with E-state index in [9.17, 15) is 14.3 Å². The third-order valence-corrected chi connectivity index (χ3v) is 7.10. The summed E-state index contributed by atoms with van der Waals surface area (Å²) >= 11 is 0. The molecule has 2 heterocycles. The number of hydrogen-bond donors (Lipinski definition) is 2. The molecule has 2 aliphatic rings. The molecule has 1 aliphatic carbocycles. The van der Waals surface area contributed by atoms with Crippen molar-refractivity contribution in [3.05, 3.63) is 77.1 Å². The molecule has 1 aromatic heterocycles. The molecule has 1 atom stereocenters. The zero-order valence-corrected chi connectivity index (χ0v) is 19.3. The average Bonchev–Trinajstić information content (AvgIpc) is 3.33. The molecule has 0 fully saturated rings. The Labute approximate surface area is 197 Å². The van der Waals surface area contributed by atoms with E-state index in [1.807, 2.05) is 18.2 Å². The first kappa shape index (κ1) is 22.0. The Morgan fingerprint density at radius 2 is 1.85 bits per heavy atom. The Morgan fingerprint density at radius 1 is 1.09 bits per heavy atom. The van der Waals surface area contributed by atoms with Crippen molar-refractivity contribution in [2.45, 2.75) is 27.2 Å². The molecule has 1 aliphatic heterocycles. The van der Waals surface area contributed by atoms with E-state index in [2.05, 4.69) is 58.4 Å². The van der Waals surface area contributed by atoms with Crippen LogP contribution >= 0.6 is 0 Å². The fourth-order valence-corrected chi connectivity index (χ4v) is 5.57. The van der Waals surface area contributed by atoms with Crippen molar-refractivity contribution < 1.29 is 14.3 Å². The topological polar surface area (TPSA) is 95.0 Å². The highest BCUT2D eigenvalue weighted by Crippen LogP contribution is 2.55. The van der Waals surface area contributed by atoms with Crippen LogP contribution in [0.4, 0.5) is 10.1 Å². The van der Waals surface area contributed by atoms with E-state index < -0.39 is 5.97 Å². The minimum atomic E-state index is -0.925. The van der Waals surface area contributed by atoms with Crippen molar-refractivity contribution in [3.8, 4) is 11.4 Å². The summed E-state index contributed by atoms with van der Waals surface area (Å²) in [5.74, 6) is -0.903. The van der Waals surface area contributed by atoms with Crippen LogP contribution in [0.2, 0.25) is 0 Å². The number of allylic oxidation sites excluding steroid dienone is 2. The zero-order chi connectivity index (χ0) is 24.1. The lowest BCUT2D eigenvalue weighted by Crippen LogP contribution is -2.47. The smallest absolute Gasteiger partial charge is 0.335 e. The van der Waals surface area contributed by atoms with Gasteiger partial charge in [-0.25, -0.2) is 9.18 Å². The second-order valence-corrected chi connectivity index (χ2v) is 9.82. The highest BCUT2D eigenvalue weighted by molar-refractivity contribution is 5.88. The number of fused-ring (bicyclic) bond motifs is 1. The number of anilines is 1. The van der Waals surface area contributed by atoms with Gasteiger partial charge in [-0.1, -0.05) is 50.6 Å². The molecule has 3 aromatic rings. The maximum Gasteiger partial charge on any atom is 0.335 e. The van der Waals surface area contributed by atoms with Gasteiger partial charge in [0, 0.05) is 35.2 Å². The summed E-state index contributed by atoms with van der Waals surface area (Å²) in [6.45, 7) is 8.11. The Morgan fingerprint density at radius 3 is 2.53 bits per heavy atom. The van der Waals surface area contributed by atoms with Crippen LogP contribution < -0.4 is 4.90 Å². The second-order valence-electron chi connectivity index (χ2n) is 9.82. The van der Waals surface area contributed by atoms with Crippen molar-refractivity contribution in [1.82, 2.24) is 20.6 Å². The number of aromatic carboxylic acids is 1. The molecule has 0 saturated heterocycles. The largest absolute Gasteiger partial charge is 0.478 e. The van der Waals surface area contributed by atoms with Gasteiger partial charge in [0.25, 0.3) is 0 Å². The number of aromatic nitrogens is 4. The van der Waals surface area contributed by atoms with E-state index in [-0.39, 0.29) is 22.2 Å². The normalized spacial score (nSPS) is 21.5. The molecule has 0 saturated carbocycles. The second kappa shape index (κ2) is 7.90. The molecular formula is C26H26FN5O2. The number of carboxylic acids is 1. The Bertz CT molecular complexity index is 1310. The molecule has 34 heavy (non-hydrogen) atoms. The summed E-state index contributed by atoms with van der Waals surface area (Å²) in [6.07, 6.45) is 5.37. The van der Waals surface area contributed by atoms with E-state index in [4.69, 9.17) is 0 Å². The molecule has 8 heteroatoms. The standard InChI is InChI=1S/C26H26FN5O2/c1-25(2)21(16-4-6-17(7-5-16)24(33)34)8-10-26(3)15-32(11-9-22(25)26)20-13-18(12-19(27)14-20)23-28-30-31-29-23/h4-9,12-14H,10-11,15H2,1-3H3,(H,33,34)(H,28,29,30,31)/t26-/m1/s1. The van der Waals surface area contributed by atoms with Crippen molar-refractivity contribution in [3.63, 3.8) is 0 Å². The lowest BCUT2D eigenvalue weighted by molar-refractivity contribution is 0.0697. The minimum absolute atomic E-state index is 0.120. The van der Waals surface area contributed by atoms with Crippen LogP contribution in [0, 0.1) is 16.6 Å². The number of nitrogens with one attached hydrogen (secondary N) is 1. The zero-order valence-electron chi connectivity index (χ0n) is 19.3. The molecule has 2 N–H and O–H groups in total. The Kier molecular flexibility index (Phi) is 5.11. The van der Waals surface area contributed by atoms with Crippen LogP contribution in [-0.4, -0.2) is 44.8 Å². The Hall–Kier alpha value is -3.81. The van der Waals surface area contributed by atoms with Gasteiger partial charge in [0.1, 0.15) is 5.82 Å². The minimum Gasteiger partial charge on any atom is -0.478 e. The Balaban J connectivity index is 1.46. The van der Waals surface area contributed by atoms with Crippen LogP contribution in [-0.2, 0) is 0 Å². The van der Waals surface area contributed by atoms with E-state index in [1.54, 1.807) is 18.2 Å². The molecule has 0 amide bonds. The van der Waals surface area contributed by atoms with Gasteiger partial charge in [-0.3, -0.25) is 0 Å². The SMILES string of the molecule is CC1(C)C(c2ccc(C(=O)O)cc2)=CC[C@]2(C)CN(c3cc(F)cc(-c4nn[nH]n4)c3)CC=C12. The number of carboxylic acid groups (broad SMARTS) is 1. The fourth-order valence-electron chi connectivity index (χ4n) is 5.57. The monoisotopic (exact) mass is 459 g/mol. The summed E-state index contributed by atoms with van der Waals surface area (Å²) in [5.41, 5.74) is 4.90. The van der Waals surface area contributed by atoms with Crippen molar-refractivity contribution in [2.75, 3.05) is 18.0 Å². The van der Waals surface area contributed by atoms with Crippen molar-refractivity contribution in [2.24, 2.45) is 10.8 Å². The predicted octanol–water partition coefficient (Wildman–Crippen LogP) is 4.97. The summed E-state index contributed by atoms with van der Waals surface area (Å²) < 4.78 is 14.5. The van der Waals surface area contributed by atoms with Crippen LogP contribution in [0.5, 0.6) is 0 Å². The number of tetrazole rings is 1. The molecule has 0 unspecified atom stereocenters. The lowest BCUT2D eigenvalue weighted by atomic mass is 9.58. The average molecular weight is 460 g/mol. The molecule has 7 nitrogen and oxygen atoms in total. The van der Waals surface area contributed by atoms with E-state index in [0.717, 1.165) is 24.2 Å². The number of aromatic amines is 1. The maximum atomic E-state index is 14.5. The molecule has 0 bridgehead atoms. The van der Waals surface area contributed by atoms with Crippen LogP contribution in [0.3, 0.4) is 0 Å². The van der Waals surface area contributed by atoms with Crippen molar-refractivity contribution in [1.29, 1.82) is 0 Å². The molecule has 5 rings (SSSR count). The number of nitrogens with zero attached hydrogens (tertiary/aromatic N) is 4. The number of rotatable bonds is 4. The van der Waals surface area contributed by atoms with Crippen LogP contribution in [0.15, 0.2) is 60.2 Å². The lowest BCUT2D eigenvalue weighted by Gasteiger charge is -2.51. The quantitative estimate of drug-likeness (QED) is 0.535. The fraction of sp³-hybridized carbons (Fsp3) is 0.308. The van der Waals surface area contributed by atoms with Gasteiger partial charge >= 0.3 is 5.97 Å². The van der Waals surface area contributed by atoms with Gasteiger partial charge < -0.3 is 10.0 Å². The van der Waals surface area contributed by atoms with Gasteiger partial charge in [-0.2, -0.15) is 5.21 Å². The van der Waals surface area contributed by atoms with E-state index >= 15 is 0 Å². The molecule has 2 aromatic carbocycles. The first-order chi connectivity index (χ1) is 16.2. The summed E-state index contributed by atoms with van der Waals surface area (Å²) in [5, 5.41) is 23.2. The molecule has 174 valence electrons. The first-order valence-electron chi connectivity index (χ1n) is 11.2. The number of hydrogen-bond acceptors (Lipinski definition) is 5. The number of halogens is 1. The third kappa shape index (κ3) is 3.69. The first-order valence-corrected chi connectivity index (χ1v) is 11.2. The van der Waals surface area contributed by atoms with Gasteiger partial charge in [0.05, 0.1) is 5.56 Å². The molecular weight excluding hydrogens is 433 g/mol.